The maximum absolute atomic E-state index is 10.0. The molecule has 1 atom stereocenters. The second-order valence-electron chi connectivity index (χ2n) is 2.75. The summed E-state index contributed by atoms with van der Waals surface area (Å²) in [6.07, 6.45) is 3.04. The molecular weight excluding hydrogens is 218 g/mol. The van der Waals surface area contributed by atoms with Gasteiger partial charge in [-0.3, -0.25) is 4.79 Å². The van der Waals surface area contributed by atoms with Crippen molar-refractivity contribution in [1.82, 2.24) is 9.97 Å². The Balaban J connectivity index is 2.76. The molecule has 0 aromatic carbocycles. The van der Waals surface area contributed by atoms with E-state index in [-0.39, 0.29) is 6.61 Å². The molecule has 0 amide bonds. The Bertz CT molecular complexity index is 322. The molecule has 0 bridgehead atoms. The van der Waals surface area contributed by atoms with Crippen molar-refractivity contribution >= 4 is 23.9 Å². The van der Waals surface area contributed by atoms with Gasteiger partial charge in [0.1, 0.15) is 18.8 Å². The van der Waals surface area contributed by atoms with E-state index >= 15 is 0 Å². The third-order valence-corrected chi connectivity index (χ3v) is 2.09. The van der Waals surface area contributed by atoms with Crippen molar-refractivity contribution < 1.29 is 9.53 Å². The molecule has 0 radical (unpaired) electrons. The molecule has 6 heteroatoms. The molecule has 0 saturated carbocycles. The van der Waals surface area contributed by atoms with E-state index in [2.05, 4.69) is 20.0 Å². The average Bonchev–Trinajstić information content (AvgIpc) is 2.27. The predicted molar refractivity (Wildman–Crippen MR) is 56.8 cm³/mol. The first-order valence-corrected chi connectivity index (χ1v) is 4.96. The van der Waals surface area contributed by atoms with Gasteiger partial charge in [0.25, 0.3) is 6.47 Å². The summed E-state index contributed by atoms with van der Waals surface area (Å²) in [5, 5.41) is 2.61. The highest BCUT2D eigenvalue weighted by Crippen LogP contribution is 2.25. The van der Waals surface area contributed by atoms with Gasteiger partial charge in [0.15, 0.2) is 0 Å². The van der Waals surface area contributed by atoms with Crippen LogP contribution < -0.4 is 5.32 Å². The van der Waals surface area contributed by atoms with Crippen molar-refractivity contribution in [2.75, 3.05) is 18.5 Å². The fraction of sp³-hybridized carbons (Fsp3) is 0.444. The highest BCUT2D eigenvalue weighted by Gasteiger charge is 2.14. The van der Waals surface area contributed by atoms with Gasteiger partial charge < -0.3 is 10.1 Å². The van der Waals surface area contributed by atoms with Gasteiger partial charge in [0, 0.05) is 18.3 Å². The molecule has 0 spiro atoms. The van der Waals surface area contributed by atoms with E-state index in [1.54, 1.807) is 6.20 Å². The lowest BCUT2D eigenvalue weighted by atomic mass is 10.2. The summed E-state index contributed by atoms with van der Waals surface area (Å²) in [7, 11) is 0. The zero-order valence-corrected chi connectivity index (χ0v) is 9.07. The molecule has 0 aliphatic rings. The Hall–Kier alpha value is -1.36. The standard InChI is InChI=1S/C9H12ClN3O2/c1-2-12-9-7(3-11-5-13-9)8(10)4-15-6-14/h3,5-6,8H,2,4H2,1H3,(H,11,12,13). The molecule has 0 aliphatic carbocycles. The van der Waals surface area contributed by atoms with Crippen LogP contribution in [-0.4, -0.2) is 29.6 Å². The number of anilines is 1. The van der Waals surface area contributed by atoms with Gasteiger partial charge in [-0.2, -0.15) is 0 Å². The molecule has 5 nitrogen and oxygen atoms in total. The van der Waals surface area contributed by atoms with Gasteiger partial charge in [0.2, 0.25) is 0 Å². The van der Waals surface area contributed by atoms with E-state index in [0.717, 1.165) is 12.1 Å². The normalized spacial score (nSPS) is 11.9. The van der Waals surface area contributed by atoms with E-state index in [1.807, 2.05) is 6.92 Å². The summed E-state index contributed by atoms with van der Waals surface area (Å²) in [6, 6.07) is 0. The molecule has 0 saturated heterocycles. The predicted octanol–water partition coefficient (Wildman–Crippen LogP) is 1.36. The second kappa shape index (κ2) is 6.19. The van der Waals surface area contributed by atoms with Crippen molar-refractivity contribution in [3.05, 3.63) is 18.1 Å². The molecule has 15 heavy (non-hydrogen) atoms. The molecule has 1 aromatic heterocycles. The third kappa shape index (κ3) is 3.36. The number of rotatable bonds is 6. The molecule has 82 valence electrons. The molecule has 1 rings (SSSR count). The zero-order chi connectivity index (χ0) is 11.1. The first kappa shape index (κ1) is 11.7. The number of nitrogens with one attached hydrogen (secondary N) is 1. The van der Waals surface area contributed by atoms with Gasteiger partial charge in [-0.25, -0.2) is 9.97 Å². The van der Waals surface area contributed by atoms with Crippen LogP contribution in [0.15, 0.2) is 12.5 Å². The largest absolute Gasteiger partial charge is 0.466 e. The topological polar surface area (TPSA) is 64.1 Å². The summed E-state index contributed by atoms with van der Waals surface area (Å²) in [5.74, 6) is 0.669. The van der Waals surface area contributed by atoms with Crippen LogP contribution in [0.5, 0.6) is 0 Å². The lowest BCUT2D eigenvalue weighted by Gasteiger charge is -2.12. The highest BCUT2D eigenvalue weighted by atomic mass is 35.5. The van der Waals surface area contributed by atoms with E-state index in [4.69, 9.17) is 11.6 Å². The van der Waals surface area contributed by atoms with Gasteiger partial charge in [0.05, 0.1) is 5.38 Å². The minimum absolute atomic E-state index is 0.108. The Morgan fingerprint density at radius 3 is 3.20 bits per heavy atom. The lowest BCUT2D eigenvalue weighted by molar-refractivity contribution is -0.128. The average molecular weight is 230 g/mol. The van der Waals surface area contributed by atoms with Gasteiger partial charge in [-0.15, -0.1) is 11.6 Å². The minimum Gasteiger partial charge on any atom is -0.466 e. The molecule has 1 N–H and O–H groups in total. The number of nitrogens with zero attached hydrogens (tertiary/aromatic N) is 2. The van der Waals surface area contributed by atoms with Crippen molar-refractivity contribution in [2.24, 2.45) is 0 Å². The van der Waals surface area contributed by atoms with E-state index in [9.17, 15) is 4.79 Å². The van der Waals surface area contributed by atoms with Crippen LogP contribution in [0, 0.1) is 0 Å². The number of carbonyl (C=O) groups is 1. The Morgan fingerprint density at radius 2 is 2.53 bits per heavy atom. The number of hydrogen-bond acceptors (Lipinski definition) is 5. The number of halogens is 1. The molecule has 1 aromatic rings. The smallest absolute Gasteiger partial charge is 0.293 e. The molecule has 1 heterocycles. The maximum atomic E-state index is 10.0. The van der Waals surface area contributed by atoms with E-state index in [1.165, 1.54) is 6.33 Å². The third-order valence-electron chi connectivity index (χ3n) is 1.73. The van der Waals surface area contributed by atoms with Gasteiger partial charge in [-0.05, 0) is 6.92 Å². The number of ether oxygens (including phenoxy) is 1. The fourth-order valence-corrected chi connectivity index (χ4v) is 1.33. The first-order valence-electron chi connectivity index (χ1n) is 4.52. The number of hydrogen-bond donors (Lipinski definition) is 1. The van der Waals surface area contributed by atoms with Crippen LogP contribution in [0.4, 0.5) is 5.82 Å². The summed E-state index contributed by atoms with van der Waals surface area (Å²) in [6.45, 7) is 3.17. The fourth-order valence-electron chi connectivity index (χ4n) is 1.10. The summed E-state index contributed by atoms with van der Waals surface area (Å²) in [5.41, 5.74) is 0.725. The SMILES string of the molecule is CCNc1ncncc1C(Cl)COC=O. The van der Waals surface area contributed by atoms with Crippen LogP contribution in [-0.2, 0) is 9.53 Å². The first-order chi connectivity index (χ1) is 7.29. The minimum atomic E-state index is -0.439. The van der Waals surface area contributed by atoms with Crippen LogP contribution in [0.2, 0.25) is 0 Å². The molecule has 1 unspecified atom stereocenters. The summed E-state index contributed by atoms with van der Waals surface area (Å²) < 4.78 is 4.59. The molecule has 0 fully saturated rings. The molecule has 0 aliphatic heterocycles. The highest BCUT2D eigenvalue weighted by molar-refractivity contribution is 6.21. The van der Waals surface area contributed by atoms with Crippen molar-refractivity contribution in [3.63, 3.8) is 0 Å². The molecular formula is C9H12ClN3O2. The number of carbonyl (C=O) groups excluding carboxylic acids is 1. The monoisotopic (exact) mass is 229 g/mol. The van der Waals surface area contributed by atoms with Crippen molar-refractivity contribution in [3.8, 4) is 0 Å². The van der Waals surface area contributed by atoms with Crippen LogP contribution >= 0.6 is 11.6 Å². The number of aromatic nitrogens is 2. The van der Waals surface area contributed by atoms with Gasteiger partial charge in [-0.1, -0.05) is 0 Å². The van der Waals surface area contributed by atoms with Crippen molar-refractivity contribution in [1.29, 1.82) is 0 Å². The zero-order valence-electron chi connectivity index (χ0n) is 8.31. The Labute approximate surface area is 92.8 Å². The Morgan fingerprint density at radius 1 is 1.73 bits per heavy atom. The number of alkyl halides is 1. The Kier molecular flexibility index (Phi) is 4.83. The lowest BCUT2D eigenvalue weighted by Crippen LogP contribution is -2.08. The summed E-state index contributed by atoms with van der Waals surface area (Å²) >= 11 is 6.02. The van der Waals surface area contributed by atoms with Crippen LogP contribution in [0.1, 0.15) is 17.9 Å². The van der Waals surface area contributed by atoms with E-state index in [0.29, 0.717) is 12.3 Å². The summed E-state index contributed by atoms with van der Waals surface area (Å²) in [4.78, 5) is 17.9. The van der Waals surface area contributed by atoms with Crippen LogP contribution in [0.25, 0.3) is 0 Å². The van der Waals surface area contributed by atoms with Gasteiger partial charge >= 0.3 is 0 Å². The van der Waals surface area contributed by atoms with E-state index < -0.39 is 5.38 Å². The van der Waals surface area contributed by atoms with Crippen LogP contribution in [0.3, 0.4) is 0 Å². The quantitative estimate of drug-likeness (QED) is 0.590. The second-order valence-corrected chi connectivity index (χ2v) is 3.28. The maximum Gasteiger partial charge on any atom is 0.293 e. The van der Waals surface area contributed by atoms with Crippen molar-refractivity contribution in [2.45, 2.75) is 12.3 Å².